The number of hydrogen-bond donors (Lipinski definition) is 0. The maximum atomic E-state index is 12.4. The molecule has 0 saturated carbocycles. The molecular formula is C20H22N2O3. The summed E-state index contributed by atoms with van der Waals surface area (Å²) in [6, 6.07) is 15.9. The molecule has 4 rings (SSSR count). The van der Waals surface area contributed by atoms with Crippen molar-refractivity contribution >= 4 is 11.1 Å². The van der Waals surface area contributed by atoms with Crippen LogP contribution in [0.2, 0.25) is 0 Å². The van der Waals surface area contributed by atoms with Gasteiger partial charge in [0.1, 0.15) is 5.75 Å². The predicted molar refractivity (Wildman–Crippen MR) is 97.0 cm³/mol. The van der Waals surface area contributed by atoms with E-state index in [9.17, 15) is 4.79 Å². The van der Waals surface area contributed by atoms with Crippen LogP contribution in [0.15, 0.2) is 57.7 Å². The van der Waals surface area contributed by atoms with Gasteiger partial charge in [-0.1, -0.05) is 30.3 Å². The number of benzene rings is 2. The topological polar surface area (TPSA) is 47.6 Å². The van der Waals surface area contributed by atoms with Gasteiger partial charge in [0.2, 0.25) is 0 Å². The van der Waals surface area contributed by atoms with Gasteiger partial charge in [0.15, 0.2) is 5.58 Å². The lowest BCUT2D eigenvalue weighted by Crippen LogP contribution is -2.38. The van der Waals surface area contributed by atoms with E-state index in [0.29, 0.717) is 5.58 Å². The minimum atomic E-state index is -0.259. The van der Waals surface area contributed by atoms with E-state index < -0.39 is 0 Å². The second kappa shape index (κ2) is 6.76. The molecule has 0 amide bonds. The van der Waals surface area contributed by atoms with Crippen LogP contribution in [-0.4, -0.2) is 29.7 Å². The number of piperidine rings is 1. The summed E-state index contributed by atoms with van der Waals surface area (Å²) < 4.78 is 12.7. The lowest BCUT2D eigenvalue weighted by atomic mass is 10.0. The molecule has 2 aromatic carbocycles. The van der Waals surface area contributed by atoms with Gasteiger partial charge < -0.3 is 9.15 Å². The molecule has 2 heterocycles. The monoisotopic (exact) mass is 338 g/mol. The summed E-state index contributed by atoms with van der Waals surface area (Å²) in [7, 11) is 1.70. The number of ether oxygens (including phenoxy) is 1. The summed E-state index contributed by atoms with van der Waals surface area (Å²) in [4.78, 5) is 14.8. The number of likely N-dealkylation sites (tertiary alicyclic amines) is 1. The summed E-state index contributed by atoms with van der Waals surface area (Å²) in [5.74, 6) is 0.654. The molecule has 0 aliphatic carbocycles. The van der Waals surface area contributed by atoms with Crippen LogP contribution in [0.4, 0.5) is 0 Å². The molecule has 1 atom stereocenters. The molecule has 1 aliphatic rings. The van der Waals surface area contributed by atoms with E-state index in [1.54, 1.807) is 7.11 Å². The highest BCUT2D eigenvalue weighted by Crippen LogP contribution is 2.27. The summed E-state index contributed by atoms with van der Waals surface area (Å²) in [6.45, 7) is 2.69. The molecule has 130 valence electrons. The highest BCUT2D eigenvalue weighted by Gasteiger charge is 2.25. The molecule has 0 radical (unpaired) electrons. The molecule has 0 N–H and O–H groups in total. The van der Waals surface area contributed by atoms with E-state index in [1.165, 1.54) is 5.56 Å². The van der Waals surface area contributed by atoms with Crippen LogP contribution in [0.5, 0.6) is 5.75 Å². The second-order valence-corrected chi connectivity index (χ2v) is 6.55. The number of fused-ring (bicyclic) bond motifs is 1. The molecule has 1 aliphatic heterocycles. The van der Waals surface area contributed by atoms with Crippen molar-refractivity contribution in [3.05, 3.63) is 64.6 Å². The van der Waals surface area contributed by atoms with Crippen LogP contribution in [-0.2, 0) is 6.54 Å². The van der Waals surface area contributed by atoms with Gasteiger partial charge in [-0.05, 0) is 37.6 Å². The first-order chi connectivity index (χ1) is 12.3. The van der Waals surface area contributed by atoms with E-state index in [1.807, 2.05) is 47.0 Å². The minimum Gasteiger partial charge on any atom is -0.496 e. The van der Waals surface area contributed by atoms with Crippen molar-refractivity contribution in [3.63, 3.8) is 0 Å². The fraction of sp³-hybridized carbons (Fsp3) is 0.350. The minimum absolute atomic E-state index is 0.139. The Hall–Kier alpha value is -2.53. The van der Waals surface area contributed by atoms with Crippen molar-refractivity contribution in [3.8, 4) is 5.75 Å². The summed E-state index contributed by atoms with van der Waals surface area (Å²) in [6.07, 6.45) is 2.05. The number of oxazole rings is 1. The van der Waals surface area contributed by atoms with Gasteiger partial charge in [0, 0.05) is 18.7 Å². The third-order valence-corrected chi connectivity index (χ3v) is 4.95. The molecule has 0 unspecified atom stereocenters. The summed E-state index contributed by atoms with van der Waals surface area (Å²) in [5, 5.41) is 0. The lowest BCUT2D eigenvalue weighted by molar-refractivity contribution is 0.166. The van der Waals surface area contributed by atoms with Crippen LogP contribution in [0.25, 0.3) is 11.1 Å². The first-order valence-electron chi connectivity index (χ1n) is 8.70. The maximum Gasteiger partial charge on any atom is 0.420 e. The average Bonchev–Trinajstić information content (AvgIpc) is 2.98. The lowest BCUT2D eigenvalue weighted by Gasteiger charge is -2.33. The Morgan fingerprint density at radius 2 is 1.96 bits per heavy atom. The van der Waals surface area contributed by atoms with Crippen LogP contribution in [0.1, 0.15) is 24.4 Å². The smallest absolute Gasteiger partial charge is 0.420 e. The van der Waals surface area contributed by atoms with Crippen molar-refractivity contribution in [2.45, 2.75) is 25.4 Å². The average molecular weight is 338 g/mol. The molecule has 1 saturated heterocycles. The fourth-order valence-electron chi connectivity index (χ4n) is 3.79. The highest BCUT2D eigenvalue weighted by atomic mass is 16.5. The Morgan fingerprint density at radius 3 is 2.84 bits per heavy atom. The van der Waals surface area contributed by atoms with Crippen molar-refractivity contribution in [2.24, 2.45) is 0 Å². The molecule has 25 heavy (non-hydrogen) atoms. The first-order valence-corrected chi connectivity index (χ1v) is 8.70. The van der Waals surface area contributed by atoms with Crippen LogP contribution >= 0.6 is 0 Å². The largest absolute Gasteiger partial charge is 0.496 e. The molecular weight excluding hydrogens is 316 g/mol. The number of rotatable bonds is 4. The number of nitrogens with zero attached hydrogens (tertiary/aromatic N) is 2. The Bertz CT molecular complexity index is 928. The first kappa shape index (κ1) is 16.0. The van der Waals surface area contributed by atoms with Gasteiger partial charge in [0.05, 0.1) is 18.7 Å². The maximum absolute atomic E-state index is 12.4. The number of hydrogen-bond acceptors (Lipinski definition) is 4. The molecule has 1 fully saturated rings. The van der Waals surface area contributed by atoms with E-state index in [-0.39, 0.29) is 11.8 Å². The van der Waals surface area contributed by atoms with E-state index in [4.69, 9.17) is 9.15 Å². The van der Waals surface area contributed by atoms with E-state index in [0.717, 1.165) is 43.7 Å². The molecule has 5 nitrogen and oxygen atoms in total. The van der Waals surface area contributed by atoms with Gasteiger partial charge >= 0.3 is 5.76 Å². The Morgan fingerprint density at radius 1 is 1.16 bits per heavy atom. The van der Waals surface area contributed by atoms with Crippen molar-refractivity contribution in [1.82, 2.24) is 9.47 Å². The summed E-state index contributed by atoms with van der Waals surface area (Å²) in [5.41, 5.74) is 2.72. The zero-order valence-electron chi connectivity index (χ0n) is 14.4. The zero-order valence-corrected chi connectivity index (χ0v) is 14.4. The normalized spacial score (nSPS) is 18.5. The van der Waals surface area contributed by atoms with Crippen LogP contribution in [0.3, 0.4) is 0 Å². The second-order valence-electron chi connectivity index (χ2n) is 6.55. The third kappa shape index (κ3) is 3.07. The van der Waals surface area contributed by atoms with Gasteiger partial charge in [-0.25, -0.2) is 4.79 Å². The molecule has 0 bridgehead atoms. The van der Waals surface area contributed by atoms with Crippen molar-refractivity contribution in [1.29, 1.82) is 0 Å². The van der Waals surface area contributed by atoms with Gasteiger partial charge in [0.25, 0.3) is 0 Å². The Kier molecular flexibility index (Phi) is 4.32. The SMILES string of the molecule is COc1ccccc1CN1CCC[C@H](n2c(=O)oc3ccccc32)C1. The number of para-hydroxylation sites is 3. The quantitative estimate of drug-likeness (QED) is 0.731. The van der Waals surface area contributed by atoms with Crippen molar-refractivity contribution in [2.75, 3.05) is 20.2 Å². The van der Waals surface area contributed by atoms with Crippen LogP contribution in [0, 0.1) is 0 Å². The van der Waals surface area contributed by atoms with Gasteiger partial charge in [-0.2, -0.15) is 0 Å². The molecule has 5 heteroatoms. The highest BCUT2D eigenvalue weighted by molar-refractivity contribution is 5.72. The third-order valence-electron chi connectivity index (χ3n) is 4.95. The molecule has 3 aromatic rings. The molecule has 0 spiro atoms. The predicted octanol–water partition coefficient (Wildman–Crippen LogP) is 3.44. The molecule has 1 aromatic heterocycles. The van der Waals surface area contributed by atoms with E-state index >= 15 is 0 Å². The fourth-order valence-corrected chi connectivity index (χ4v) is 3.79. The van der Waals surface area contributed by atoms with Crippen molar-refractivity contribution < 1.29 is 9.15 Å². The van der Waals surface area contributed by atoms with E-state index in [2.05, 4.69) is 11.0 Å². The Labute approximate surface area is 146 Å². The Balaban J connectivity index is 1.59. The van der Waals surface area contributed by atoms with Gasteiger partial charge in [-0.15, -0.1) is 0 Å². The summed E-state index contributed by atoms with van der Waals surface area (Å²) >= 11 is 0. The van der Waals surface area contributed by atoms with Gasteiger partial charge in [-0.3, -0.25) is 9.47 Å². The number of aromatic nitrogens is 1. The zero-order chi connectivity index (χ0) is 17.2. The van der Waals surface area contributed by atoms with Crippen LogP contribution < -0.4 is 10.5 Å². The standard InChI is InChI=1S/C20H22N2O3/c1-24-18-10-4-2-7-15(18)13-21-12-6-8-16(14-21)22-17-9-3-5-11-19(17)25-20(22)23/h2-5,7,9-11,16H,6,8,12-14H2,1H3/t16-/m0/s1. The number of methoxy groups -OCH3 is 1.